The van der Waals surface area contributed by atoms with Crippen molar-refractivity contribution in [3.63, 3.8) is 0 Å². The smallest absolute Gasteiger partial charge is 0.227 e. The van der Waals surface area contributed by atoms with Crippen LogP contribution in [0.3, 0.4) is 0 Å². The van der Waals surface area contributed by atoms with Crippen molar-refractivity contribution in [1.29, 1.82) is 0 Å². The van der Waals surface area contributed by atoms with Crippen LogP contribution >= 0.6 is 39.0 Å². The van der Waals surface area contributed by atoms with E-state index < -0.39 is 9.84 Å². The lowest BCUT2D eigenvalue weighted by Crippen LogP contribution is -2.01. The summed E-state index contributed by atoms with van der Waals surface area (Å²) in [6, 6.07) is 8.01. The maximum atomic E-state index is 12.6. The van der Waals surface area contributed by atoms with Gasteiger partial charge < -0.3 is 0 Å². The van der Waals surface area contributed by atoms with Crippen molar-refractivity contribution in [2.45, 2.75) is 14.0 Å². The molecule has 0 saturated carbocycles. The molecule has 0 bridgehead atoms. The Labute approximate surface area is 128 Å². The lowest BCUT2D eigenvalue weighted by Gasteiger charge is -2.05. The Hall–Kier alpha value is -0.810. The van der Waals surface area contributed by atoms with Crippen molar-refractivity contribution in [3.05, 3.63) is 46.2 Å². The first-order valence-corrected chi connectivity index (χ1v) is 9.36. The second-order valence-electron chi connectivity index (χ2n) is 3.51. The van der Waals surface area contributed by atoms with Gasteiger partial charge in [0.1, 0.15) is 0 Å². The zero-order valence-electron chi connectivity index (χ0n) is 9.75. The lowest BCUT2D eigenvalue weighted by atomic mass is 10.4. The van der Waals surface area contributed by atoms with E-state index in [1.807, 2.05) is 0 Å². The largest absolute Gasteiger partial charge is 0.243 e. The Balaban J connectivity index is 2.63. The van der Waals surface area contributed by atoms with Crippen molar-refractivity contribution in [1.82, 2.24) is 0 Å². The molecule has 3 nitrogen and oxygen atoms in total. The summed E-state index contributed by atoms with van der Waals surface area (Å²) in [4.78, 5) is 3.75. The van der Waals surface area contributed by atoms with Gasteiger partial charge >= 0.3 is 0 Å². The molecule has 19 heavy (non-hydrogen) atoms. The van der Waals surface area contributed by atoms with Crippen LogP contribution in [-0.4, -0.2) is 14.7 Å². The van der Waals surface area contributed by atoms with Crippen molar-refractivity contribution in [2.24, 2.45) is 0 Å². The minimum absolute atomic E-state index is 0.217. The fourth-order valence-corrected chi connectivity index (χ4v) is 5.85. The highest BCUT2D eigenvalue weighted by Crippen LogP contribution is 2.40. The van der Waals surface area contributed by atoms with Crippen LogP contribution in [0.2, 0.25) is 0 Å². The highest BCUT2D eigenvalue weighted by molar-refractivity contribution is 9.10. The summed E-state index contributed by atoms with van der Waals surface area (Å²) in [5.41, 5.74) is 0. The van der Waals surface area contributed by atoms with Crippen LogP contribution in [-0.2, 0) is 9.84 Å². The number of hydrogen-bond donors (Lipinski definition) is 0. The van der Waals surface area contributed by atoms with Crippen LogP contribution in [0.4, 0.5) is 5.00 Å². The number of thiophene rings is 1. The molecule has 0 N–H and O–H groups in total. The van der Waals surface area contributed by atoms with Gasteiger partial charge in [-0.15, -0.1) is 23.1 Å². The lowest BCUT2D eigenvalue weighted by molar-refractivity contribution is 0.595. The number of thioether (sulfide) groups is 1. The Morgan fingerprint density at radius 3 is 2.68 bits per heavy atom. The van der Waals surface area contributed by atoms with Crippen molar-refractivity contribution < 1.29 is 8.42 Å². The standard InChI is InChI=1S/C12H8BrNO2S3/c1-14-11-7-10(12(17-2)18-11)19(15,16)9-5-3-4-8(13)6-9/h3-7H,2H3. The Bertz CT molecular complexity index is 760. The third kappa shape index (κ3) is 2.87. The minimum Gasteiger partial charge on any atom is -0.227 e. The quantitative estimate of drug-likeness (QED) is 0.582. The molecule has 0 saturated heterocycles. The van der Waals surface area contributed by atoms with Gasteiger partial charge in [-0.1, -0.05) is 22.0 Å². The summed E-state index contributed by atoms with van der Waals surface area (Å²) < 4.78 is 26.5. The molecule has 98 valence electrons. The summed E-state index contributed by atoms with van der Waals surface area (Å²) in [5.74, 6) is 0. The molecule has 0 aliphatic heterocycles. The van der Waals surface area contributed by atoms with Crippen LogP contribution in [0.25, 0.3) is 4.85 Å². The molecule has 0 fully saturated rings. The monoisotopic (exact) mass is 373 g/mol. The SMILES string of the molecule is [C-]#[N+]c1cc(S(=O)(=O)c2cccc(Br)c2)c(SC)s1. The molecule has 0 radical (unpaired) electrons. The third-order valence-corrected chi connectivity index (χ3v) is 7.04. The van der Waals surface area contributed by atoms with Crippen molar-refractivity contribution in [3.8, 4) is 0 Å². The molecule has 0 aliphatic carbocycles. The Morgan fingerprint density at radius 2 is 2.11 bits per heavy atom. The molecule has 7 heteroatoms. The van der Waals surface area contributed by atoms with E-state index in [2.05, 4.69) is 20.8 Å². The summed E-state index contributed by atoms with van der Waals surface area (Å²) in [6.07, 6.45) is 1.81. The van der Waals surface area contributed by atoms with Gasteiger partial charge in [-0.3, -0.25) is 0 Å². The predicted molar refractivity (Wildman–Crippen MR) is 82.0 cm³/mol. The summed E-state index contributed by atoms with van der Waals surface area (Å²) >= 11 is 5.81. The minimum atomic E-state index is -3.58. The molecule has 1 aromatic heterocycles. The van der Waals surface area contributed by atoms with Gasteiger partial charge in [-0.05, 0) is 30.5 Å². The van der Waals surface area contributed by atoms with E-state index in [0.717, 1.165) is 0 Å². The fourth-order valence-electron chi connectivity index (χ4n) is 1.49. The highest BCUT2D eigenvalue weighted by atomic mass is 79.9. The summed E-state index contributed by atoms with van der Waals surface area (Å²) in [5, 5.41) is 0.387. The van der Waals surface area contributed by atoms with Gasteiger partial charge in [0.15, 0.2) is 0 Å². The van der Waals surface area contributed by atoms with Crippen LogP contribution in [0.5, 0.6) is 0 Å². The number of rotatable bonds is 3. The van der Waals surface area contributed by atoms with E-state index in [1.54, 1.807) is 30.5 Å². The van der Waals surface area contributed by atoms with E-state index in [4.69, 9.17) is 6.57 Å². The van der Waals surface area contributed by atoms with Gasteiger partial charge in [0.05, 0.1) is 20.6 Å². The number of benzene rings is 1. The highest BCUT2D eigenvalue weighted by Gasteiger charge is 2.24. The van der Waals surface area contributed by atoms with Gasteiger partial charge in [0, 0.05) is 4.47 Å². The molecular formula is C12H8BrNO2S3. The van der Waals surface area contributed by atoms with Crippen molar-refractivity contribution in [2.75, 3.05) is 6.26 Å². The molecule has 2 rings (SSSR count). The first kappa shape index (κ1) is 14.6. The van der Waals surface area contributed by atoms with Crippen LogP contribution < -0.4 is 0 Å². The normalized spacial score (nSPS) is 11.2. The van der Waals surface area contributed by atoms with Crippen LogP contribution in [0.1, 0.15) is 0 Å². The molecule has 0 amide bonds. The summed E-state index contributed by atoms with van der Waals surface area (Å²) in [7, 11) is -3.58. The second-order valence-corrected chi connectivity index (χ2v) is 8.45. The first-order chi connectivity index (χ1) is 8.98. The molecular weight excluding hydrogens is 366 g/mol. The molecule has 0 aliphatic rings. The van der Waals surface area contributed by atoms with Gasteiger partial charge in [0.2, 0.25) is 14.8 Å². The third-order valence-electron chi connectivity index (χ3n) is 2.34. The maximum absolute atomic E-state index is 12.6. The van der Waals surface area contributed by atoms with Gasteiger partial charge in [-0.2, -0.15) is 0 Å². The molecule has 1 aromatic carbocycles. The number of nitrogens with zero attached hydrogens (tertiary/aromatic N) is 1. The van der Waals surface area contributed by atoms with E-state index in [1.165, 1.54) is 29.2 Å². The van der Waals surface area contributed by atoms with E-state index >= 15 is 0 Å². The fraction of sp³-hybridized carbons (Fsp3) is 0.0833. The molecule has 1 heterocycles. The number of hydrogen-bond acceptors (Lipinski definition) is 4. The molecule has 2 aromatic rings. The van der Waals surface area contributed by atoms with Gasteiger partial charge in [0.25, 0.3) is 0 Å². The molecule has 0 atom stereocenters. The Morgan fingerprint density at radius 1 is 1.37 bits per heavy atom. The molecule has 0 unspecified atom stereocenters. The average Bonchev–Trinajstić information content (AvgIpc) is 2.82. The zero-order valence-corrected chi connectivity index (χ0v) is 13.8. The maximum Gasteiger partial charge on any atom is 0.243 e. The Kier molecular flexibility index (Phi) is 4.36. The number of sulfone groups is 1. The van der Waals surface area contributed by atoms with E-state index in [9.17, 15) is 8.42 Å². The first-order valence-electron chi connectivity index (χ1n) is 5.05. The predicted octanol–water partition coefficient (Wildman–Crippen LogP) is 4.62. The van der Waals surface area contributed by atoms with Crippen LogP contribution in [0, 0.1) is 6.57 Å². The van der Waals surface area contributed by atoms with Crippen molar-refractivity contribution >= 4 is 53.9 Å². The molecule has 0 spiro atoms. The van der Waals surface area contributed by atoms with E-state index in [-0.39, 0.29) is 9.79 Å². The van der Waals surface area contributed by atoms with E-state index in [0.29, 0.717) is 13.7 Å². The van der Waals surface area contributed by atoms with Gasteiger partial charge in [-0.25, -0.2) is 13.3 Å². The topological polar surface area (TPSA) is 38.5 Å². The number of halogens is 1. The summed E-state index contributed by atoms with van der Waals surface area (Å²) in [6.45, 7) is 7.00. The van der Waals surface area contributed by atoms with Crippen LogP contribution in [0.15, 0.2) is 48.8 Å². The average molecular weight is 374 g/mol. The zero-order chi connectivity index (χ0) is 14.0. The second kappa shape index (κ2) is 5.67.